The first-order valence-electron chi connectivity index (χ1n) is 10.5. The highest BCUT2D eigenvalue weighted by atomic mass is 16.5. The number of ether oxygens (including phenoxy) is 2. The number of likely N-dealkylation sites (tertiary alicyclic amines) is 1. The predicted octanol–water partition coefficient (Wildman–Crippen LogP) is 3.82. The SMILES string of the molecule is COc1ccc(C(=O)N2CCCC(Cn3c(C)cnc3-c3ccncc3)C2)c(OC)c1. The van der Waals surface area contributed by atoms with Gasteiger partial charge in [-0.1, -0.05) is 0 Å². The molecule has 7 heteroatoms. The number of hydrogen-bond acceptors (Lipinski definition) is 5. The monoisotopic (exact) mass is 420 g/mol. The average Bonchev–Trinajstić information content (AvgIpc) is 3.18. The molecule has 1 unspecified atom stereocenters. The number of methoxy groups -OCH3 is 2. The molecule has 1 aromatic carbocycles. The Bertz CT molecular complexity index is 1050. The molecule has 1 aliphatic rings. The Hall–Kier alpha value is -3.35. The number of carbonyl (C=O) groups is 1. The molecule has 1 amide bonds. The van der Waals surface area contributed by atoms with E-state index >= 15 is 0 Å². The normalized spacial score (nSPS) is 16.2. The van der Waals surface area contributed by atoms with Crippen molar-refractivity contribution in [1.82, 2.24) is 19.4 Å². The van der Waals surface area contributed by atoms with Crippen LogP contribution in [0, 0.1) is 12.8 Å². The van der Waals surface area contributed by atoms with Crippen LogP contribution in [0.15, 0.2) is 48.9 Å². The topological polar surface area (TPSA) is 69.5 Å². The van der Waals surface area contributed by atoms with Gasteiger partial charge in [-0.25, -0.2) is 4.98 Å². The van der Waals surface area contributed by atoms with Gasteiger partial charge in [-0.3, -0.25) is 9.78 Å². The van der Waals surface area contributed by atoms with E-state index in [-0.39, 0.29) is 5.91 Å². The Kier molecular flexibility index (Phi) is 6.21. The molecule has 0 saturated carbocycles. The van der Waals surface area contributed by atoms with Crippen LogP contribution < -0.4 is 9.47 Å². The lowest BCUT2D eigenvalue weighted by molar-refractivity contribution is 0.0659. The Labute approximate surface area is 182 Å². The number of rotatable bonds is 6. The average molecular weight is 421 g/mol. The zero-order chi connectivity index (χ0) is 21.8. The summed E-state index contributed by atoms with van der Waals surface area (Å²) in [4.78, 5) is 23.9. The van der Waals surface area contributed by atoms with Crippen LogP contribution in [-0.2, 0) is 6.54 Å². The summed E-state index contributed by atoms with van der Waals surface area (Å²) in [5, 5.41) is 0. The maximum absolute atomic E-state index is 13.3. The number of nitrogens with zero attached hydrogens (tertiary/aromatic N) is 4. The number of aromatic nitrogens is 3. The standard InChI is InChI=1S/C24H28N4O3/c1-17-14-26-23(19-8-10-25-11-9-19)28(17)16-18-5-4-12-27(15-18)24(29)21-7-6-20(30-2)13-22(21)31-3/h6-11,13-14,18H,4-5,12,15-16H2,1-3H3. The fourth-order valence-electron chi connectivity index (χ4n) is 4.23. The highest BCUT2D eigenvalue weighted by Crippen LogP contribution is 2.29. The zero-order valence-electron chi connectivity index (χ0n) is 18.2. The number of carbonyl (C=O) groups excluding carboxylic acids is 1. The highest BCUT2D eigenvalue weighted by molar-refractivity contribution is 5.97. The van der Waals surface area contributed by atoms with E-state index in [2.05, 4.69) is 21.5 Å². The highest BCUT2D eigenvalue weighted by Gasteiger charge is 2.27. The number of piperidine rings is 1. The van der Waals surface area contributed by atoms with Crippen molar-refractivity contribution >= 4 is 5.91 Å². The molecule has 3 heterocycles. The van der Waals surface area contributed by atoms with E-state index in [1.54, 1.807) is 44.8 Å². The number of imidazole rings is 1. The lowest BCUT2D eigenvalue weighted by Gasteiger charge is -2.33. The number of benzene rings is 1. The lowest BCUT2D eigenvalue weighted by Crippen LogP contribution is -2.41. The minimum absolute atomic E-state index is 0.000846. The number of amides is 1. The van der Waals surface area contributed by atoms with Crippen LogP contribution >= 0.6 is 0 Å². The van der Waals surface area contributed by atoms with Crippen LogP contribution in [0.5, 0.6) is 11.5 Å². The summed E-state index contributed by atoms with van der Waals surface area (Å²) in [5.74, 6) is 2.51. The Balaban J connectivity index is 1.52. The van der Waals surface area contributed by atoms with Crippen molar-refractivity contribution in [2.24, 2.45) is 5.92 Å². The third-order valence-corrected chi connectivity index (χ3v) is 5.88. The molecule has 1 atom stereocenters. The van der Waals surface area contributed by atoms with Gasteiger partial charge in [0.15, 0.2) is 0 Å². The predicted molar refractivity (Wildman–Crippen MR) is 118 cm³/mol. The second-order valence-corrected chi connectivity index (χ2v) is 7.90. The van der Waals surface area contributed by atoms with Crippen LogP contribution in [0.25, 0.3) is 11.4 Å². The van der Waals surface area contributed by atoms with E-state index in [0.717, 1.165) is 43.0 Å². The summed E-state index contributed by atoms with van der Waals surface area (Å²) in [7, 11) is 3.18. The summed E-state index contributed by atoms with van der Waals surface area (Å²) in [6, 6.07) is 9.29. The second-order valence-electron chi connectivity index (χ2n) is 7.90. The minimum Gasteiger partial charge on any atom is -0.497 e. The molecule has 4 rings (SSSR count). The molecule has 1 aliphatic heterocycles. The van der Waals surface area contributed by atoms with Crippen molar-refractivity contribution in [1.29, 1.82) is 0 Å². The van der Waals surface area contributed by atoms with Gasteiger partial charge in [0.05, 0.1) is 19.8 Å². The number of aryl methyl sites for hydroxylation is 1. The van der Waals surface area contributed by atoms with Gasteiger partial charge in [0.2, 0.25) is 0 Å². The maximum atomic E-state index is 13.3. The van der Waals surface area contributed by atoms with E-state index in [4.69, 9.17) is 9.47 Å². The van der Waals surface area contributed by atoms with Crippen molar-refractivity contribution in [3.05, 3.63) is 60.2 Å². The summed E-state index contributed by atoms with van der Waals surface area (Å²) < 4.78 is 13.0. The third kappa shape index (κ3) is 4.40. The van der Waals surface area contributed by atoms with Gasteiger partial charge in [-0.15, -0.1) is 0 Å². The molecule has 2 aromatic heterocycles. The second kappa shape index (κ2) is 9.20. The Morgan fingerprint density at radius 2 is 1.97 bits per heavy atom. The smallest absolute Gasteiger partial charge is 0.257 e. The minimum atomic E-state index is 0.000846. The van der Waals surface area contributed by atoms with E-state index < -0.39 is 0 Å². The van der Waals surface area contributed by atoms with Gasteiger partial charge >= 0.3 is 0 Å². The van der Waals surface area contributed by atoms with Crippen LogP contribution in [-0.4, -0.2) is 52.7 Å². The molecule has 0 bridgehead atoms. The molecule has 31 heavy (non-hydrogen) atoms. The van der Waals surface area contributed by atoms with Crippen LogP contribution in [0.1, 0.15) is 28.9 Å². The van der Waals surface area contributed by atoms with E-state index in [1.807, 2.05) is 23.2 Å². The van der Waals surface area contributed by atoms with Gasteiger partial charge in [0.1, 0.15) is 17.3 Å². The molecule has 162 valence electrons. The van der Waals surface area contributed by atoms with Crippen molar-refractivity contribution in [2.75, 3.05) is 27.3 Å². The van der Waals surface area contributed by atoms with Crippen molar-refractivity contribution < 1.29 is 14.3 Å². The third-order valence-electron chi connectivity index (χ3n) is 5.88. The fraction of sp³-hybridized carbons (Fsp3) is 0.375. The Morgan fingerprint density at radius 1 is 1.16 bits per heavy atom. The lowest BCUT2D eigenvalue weighted by atomic mass is 9.96. The van der Waals surface area contributed by atoms with Crippen LogP contribution in [0.2, 0.25) is 0 Å². The van der Waals surface area contributed by atoms with E-state index in [1.165, 1.54) is 0 Å². The molecular formula is C24H28N4O3. The summed E-state index contributed by atoms with van der Waals surface area (Å²) in [5.41, 5.74) is 2.74. The number of hydrogen-bond donors (Lipinski definition) is 0. The fourth-order valence-corrected chi connectivity index (χ4v) is 4.23. The van der Waals surface area contributed by atoms with Gasteiger partial charge in [-0.2, -0.15) is 0 Å². The molecule has 0 aliphatic carbocycles. The molecule has 7 nitrogen and oxygen atoms in total. The summed E-state index contributed by atoms with van der Waals surface area (Å²) in [6.07, 6.45) is 7.54. The first-order chi connectivity index (χ1) is 15.1. The molecular weight excluding hydrogens is 392 g/mol. The zero-order valence-corrected chi connectivity index (χ0v) is 18.2. The molecule has 0 radical (unpaired) electrons. The van der Waals surface area contributed by atoms with Crippen molar-refractivity contribution in [3.8, 4) is 22.9 Å². The van der Waals surface area contributed by atoms with Crippen LogP contribution in [0.3, 0.4) is 0 Å². The molecule has 1 fully saturated rings. The van der Waals surface area contributed by atoms with E-state index in [0.29, 0.717) is 29.5 Å². The van der Waals surface area contributed by atoms with E-state index in [9.17, 15) is 4.79 Å². The quantitative estimate of drug-likeness (QED) is 0.606. The Morgan fingerprint density at radius 3 is 2.71 bits per heavy atom. The van der Waals surface area contributed by atoms with Gasteiger partial charge in [-0.05, 0) is 49.9 Å². The molecule has 1 saturated heterocycles. The summed E-state index contributed by atoms with van der Waals surface area (Å²) >= 11 is 0. The van der Waals surface area contributed by atoms with Gasteiger partial charge < -0.3 is 18.9 Å². The van der Waals surface area contributed by atoms with Crippen molar-refractivity contribution in [3.63, 3.8) is 0 Å². The maximum Gasteiger partial charge on any atom is 0.257 e. The molecule has 0 N–H and O–H groups in total. The van der Waals surface area contributed by atoms with Gasteiger partial charge in [0.25, 0.3) is 5.91 Å². The first kappa shape index (κ1) is 20.9. The first-order valence-corrected chi connectivity index (χ1v) is 10.5. The summed E-state index contributed by atoms with van der Waals surface area (Å²) in [6.45, 7) is 4.37. The molecule has 0 spiro atoms. The van der Waals surface area contributed by atoms with Crippen molar-refractivity contribution in [2.45, 2.75) is 26.3 Å². The molecule has 3 aromatic rings. The largest absolute Gasteiger partial charge is 0.497 e. The van der Waals surface area contributed by atoms with Gasteiger partial charge in [0, 0.05) is 55.5 Å². The number of pyridine rings is 1. The van der Waals surface area contributed by atoms with Crippen LogP contribution in [0.4, 0.5) is 0 Å².